The van der Waals surface area contributed by atoms with Gasteiger partial charge in [-0.1, -0.05) is 60.7 Å². The Balaban J connectivity index is 1.77. The molecule has 1 N–H and O–H groups in total. The lowest BCUT2D eigenvalue weighted by atomic mass is 10.1. The SMILES string of the molecule is O=c1[nH]c(Cc2ccccc2)nc2cc(-c3ccccc3)sc12. The minimum absolute atomic E-state index is 0.0619. The maximum atomic E-state index is 12.3. The normalized spacial score (nSPS) is 11.0. The van der Waals surface area contributed by atoms with Gasteiger partial charge in [0.25, 0.3) is 5.56 Å². The summed E-state index contributed by atoms with van der Waals surface area (Å²) in [5.74, 6) is 0.700. The van der Waals surface area contributed by atoms with E-state index in [2.05, 4.69) is 9.97 Å². The van der Waals surface area contributed by atoms with Gasteiger partial charge >= 0.3 is 0 Å². The van der Waals surface area contributed by atoms with Crippen molar-refractivity contribution in [3.05, 3.63) is 88.5 Å². The number of nitrogens with zero attached hydrogens (tertiary/aromatic N) is 1. The topological polar surface area (TPSA) is 45.8 Å². The minimum Gasteiger partial charge on any atom is -0.309 e. The van der Waals surface area contributed by atoms with E-state index in [1.165, 1.54) is 11.3 Å². The molecule has 23 heavy (non-hydrogen) atoms. The predicted molar refractivity (Wildman–Crippen MR) is 94.9 cm³/mol. The van der Waals surface area contributed by atoms with Gasteiger partial charge in [-0.05, 0) is 17.2 Å². The molecule has 112 valence electrons. The van der Waals surface area contributed by atoms with Crippen LogP contribution in [0.4, 0.5) is 0 Å². The lowest BCUT2D eigenvalue weighted by Gasteiger charge is -2.00. The number of H-pyrrole nitrogens is 1. The highest BCUT2D eigenvalue weighted by atomic mass is 32.1. The molecule has 4 heteroatoms. The van der Waals surface area contributed by atoms with Gasteiger partial charge in [-0.3, -0.25) is 4.79 Å². The molecule has 0 unspecified atom stereocenters. The Morgan fingerprint density at radius 1 is 0.957 bits per heavy atom. The maximum Gasteiger partial charge on any atom is 0.268 e. The molecule has 0 saturated heterocycles. The molecule has 0 spiro atoms. The van der Waals surface area contributed by atoms with E-state index in [4.69, 9.17) is 0 Å². The van der Waals surface area contributed by atoms with E-state index in [-0.39, 0.29) is 5.56 Å². The van der Waals surface area contributed by atoms with E-state index in [0.29, 0.717) is 16.9 Å². The number of aromatic amines is 1. The van der Waals surface area contributed by atoms with E-state index in [1.54, 1.807) is 0 Å². The number of hydrogen-bond acceptors (Lipinski definition) is 3. The molecule has 0 aliphatic carbocycles. The molecule has 0 aliphatic heterocycles. The summed E-state index contributed by atoms with van der Waals surface area (Å²) in [6.07, 6.45) is 0.628. The van der Waals surface area contributed by atoms with E-state index < -0.39 is 0 Å². The molecule has 4 aromatic rings. The molecule has 0 aliphatic rings. The van der Waals surface area contributed by atoms with Crippen molar-refractivity contribution in [1.29, 1.82) is 0 Å². The monoisotopic (exact) mass is 318 g/mol. The zero-order valence-corrected chi connectivity index (χ0v) is 13.1. The van der Waals surface area contributed by atoms with Gasteiger partial charge in [-0.15, -0.1) is 11.3 Å². The van der Waals surface area contributed by atoms with E-state index in [0.717, 1.165) is 21.5 Å². The third kappa shape index (κ3) is 2.81. The third-order valence-electron chi connectivity index (χ3n) is 3.70. The average Bonchev–Trinajstić information content (AvgIpc) is 3.01. The zero-order chi connectivity index (χ0) is 15.6. The van der Waals surface area contributed by atoms with Crippen LogP contribution in [0.3, 0.4) is 0 Å². The van der Waals surface area contributed by atoms with Gasteiger partial charge in [0.15, 0.2) is 0 Å². The number of thiophene rings is 1. The van der Waals surface area contributed by atoms with Crippen molar-refractivity contribution in [3.8, 4) is 10.4 Å². The van der Waals surface area contributed by atoms with Crippen molar-refractivity contribution >= 4 is 21.6 Å². The Morgan fingerprint density at radius 2 is 1.65 bits per heavy atom. The third-order valence-corrected chi connectivity index (χ3v) is 4.88. The Bertz CT molecular complexity index is 1000. The molecule has 0 amide bonds. The van der Waals surface area contributed by atoms with Crippen LogP contribution in [0, 0.1) is 0 Å². The Labute approximate surface area is 137 Å². The maximum absolute atomic E-state index is 12.3. The van der Waals surface area contributed by atoms with Gasteiger partial charge < -0.3 is 4.98 Å². The molecule has 4 rings (SSSR count). The van der Waals surface area contributed by atoms with Gasteiger partial charge in [0.1, 0.15) is 10.5 Å². The number of fused-ring (bicyclic) bond motifs is 1. The van der Waals surface area contributed by atoms with Gasteiger partial charge in [-0.25, -0.2) is 4.98 Å². The van der Waals surface area contributed by atoms with Crippen LogP contribution in [0.15, 0.2) is 71.5 Å². The van der Waals surface area contributed by atoms with Crippen LogP contribution < -0.4 is 5.56 Å². The smallest absolute Gasteiger partial charge is 0.268 e. The van der Waals surface area contributed by atoms with Crippen molar-refractivity contribution in [1.82, 2.24) is 9.97 Å². The summed E-state index contributed by atoms with van der Waals surface area (Å²) in [5.41, 5.74) is 2.95. The Morgan fingerprint density at radius 3 is 2.39 bits per heavy atom. The summed E-state index contributed by atoms with van der Waals surface area (Å²) < 4.78 is 0.681. The molecule has 2 heterocycles. The van der Waals surface area contributed by atoms with Gasteiger partial charge in [-0.2, -0.15) is 0 Å². The molecular formula is C19H14N2OS. The minimum atomic E-state index is -0.0619. The largest absolute Gasteiger partial charge is 0.309 e. The van der Waals surface area contributed by atoms with Crippen LogP contribution in [-0.4, -0.2) is 9.97 Å². The lowest BCUT2D eigenvalue weighted by molar-refractivity contribution is 0.976. The first-order valence-electron chi connectivity index (χ1n) is 7.42. The van der Waals surface area contributed by atoms with E-state index >= 15 is 0 Å². The van der Waals surface area contributed by atoms with Gasteiger partial charge in [0, 0.05) is 11.3 Å². The van der Waals surface area contributed by atoms with Crippen molar-refractivity contribution in [2.24, 2.45) is 0 Å². The number of rotatable bonds is 3. The molecule has 0 bridgehead atoms. The fourth-order valence-corrected chi connectivity index (χ4v) is 3.60. The summed E-state index contributed by atoms with van der Waals surface area (Å²) >= 11 is 1.49. The Kier molecular flexibility index (Phi) is 3.52. The molecule has 2 aromatic heterocycles. The molecule has 0 atom stereocenters. The molecule has 0 fully saturated rings. The van der Waals surface area contributed by atoms with Gasteiger partial charge in [0.05, 0.1) is 5.52 Å². The fourth-order valence-electron chi connectivity index (χ4n) is 2.61. The highest BCUT2D eigenvalue weighted by Gasteiger charge is 2.10. The molecule has 2 aromatic carbocycles. The second kappa shape index (κ2) is 5.82. The first-order chi connectivity index (χ1) is 11.3. The standard InChI is InChI=1S/C19H14N2OS/c22-19-18-15(12-16(23-18)14-9-5-2-6-10-14)20-17(21-19)11-13-7-3-1-4-8-13/h1-10,12H,11H2,(H,20,21,22). The average molecular weight is 318 g/mol. The van der Waals surface area contributed by atoms with E-state index in [1.807, 2.05) is 66.7 Å². The fraction of sp³-hybridized carbons (Fsp3) is 0.0526. The van der Waals surface area contributed by atoms with Gasteiger partial charge in [0.2, 0.25) is 0 Å². The van der Waals surface area contributed by atoms with Crippen molar-refractivity contribution in [2.45, 2.75) is 6.42 Å². The first-order valence-corrected chi connectivity index (χ1v) is 8.23. The van der Waals surface area contributed by atoms with Crippen LogP contribution in [0.25, 0.3) is 20.7 Å². The summed E-state index contributed by atoms with van der Waals surface area (Å²) in [7, 11) is 0. The summed E-state index contributed by atoms with van der Waals surface area (Å²) in [4.78, 5) is 21.0. The predicted octanol–water partition coefficient (Wildman–Crippen LogP) is 4.24. The number of aromatic nitrogens is 2. The second-order valence-electron chi connectivity index (χ2n) is 5.37. The van der Waals surface area contributed by atoms with Crippen LogP contribution >= 0.6 is 11.3 Å². The number of nitrogens with one attached hydrogen (secondary N) is 1. The highest BCUT2D eigenvalue weighted by Crippen LogP contribution is 2.30. The van der Waals surface area contributed by atoms with Crippen LogP contribution in [0.5, 0.6) is 0 Å². The number of hydrogen-bond donors (Lipinski definition) is 1. The van der Waals surface area contributed by atoms with Crippen LogP contribution in [0.2, 0.25) is 0 Å². The zero-order valence-electron chi connectivity index (χ0n) is 12.3. The second-order valence-corrected chi connectivity index (χ2v) is 6.42. The molecular weight excluding hydrogens is 304 g/mol. The lowest BCUT2D eigenvalue weighted by Crippen LogP contribution is -2.10. The highest BCUT2D eigenvalue weighted by molar-refractivity contribution is 7.22. The van der Waals surface area contributed by atoms with Crippen molar-refractivity contribution < 1.29 is 0 Å². The summed E-state index contributed by atoms with van der Waals surface area (Å²) in [5, 5.41) is 0. The van der Waals surface area contributed by atoms with E-state index in [9.17, 15) is 4.79 Å². The summed E-state index contributed by atoms with van der Waals surface area (Å²) in [6, 6.07) is 22.1. The van der Waals surface area contributed by atoms with Crippen molar-refractivity contribution in [3.63, 3.8) is 0 Å². The van der Waals surface area contributed by atoms with Crippen LogP contribution in [-0.2, 0) is 6.42 Å². The molecule has 0 radical (unpaired) electrons. The first kappa shape index (κ1) is 13.9. The van der Waals surface area contributed by atoms with Crippen LogP contribution in [0.1, 0.15) is 11.4 Å². The quantitative estimate of drug-likeness (QED) is 0.614. The Hall–Kier alpha value is -2.72. The number of benzene rings is 2. The van der Waals surface area contributed by atoms with Crippen molar-refractivity contribution in [2.75, 3.05) is 0 Å². The molecule has 0 saturated carbocycles. The summed E-state index contributed by atoms with van der Waals surface area (Å²) in [6.45, 7) is 0. The molecule has 3 nitrogen and oxygen atoms in total.